The van der Waals surface area contributed by atoms with Gasteiger partial charge in [-0.25, -0.2) is 9.13 Å². The molecular formula is C49H82O18P2. The quantitative estimate of drug-likeness (QED) is 0.00957. The van der Waals surface area contributed by atoms with Gasteiger partial charge in [-0.1, -0.05) is 157 Å². The molecule has 20 heteroatoms. The standard InChI is InChI=1S/C49H82O18P2/c1-3-5-7-8-9-10-11-12-13-14-15-16-17-21-29-35-42(52)63-37-41(38-64-69(61,62)67-49-46(56)44(54)45(55)48(47(49)57)66-68(58,59)60)65-43(53)36-30-22-19-18-20-26-32-40(51)34-28-24-23-27-33-39(50)31-25-6-4-2/h5-7,19-20,22-28,33-34,39-41,44-51,54-57H,3-4,8-18,21,29-32,35-38H2,1-2H3,(H,61,62)(H2,58,59,60)/b7-5-,22-19-,24-23-,25-6-,26-20-,33-27+,34-28+/t39-,40+,41+,44?,45?,46?,47?,48+,49-/m0/s1. The van der Waals surface area contributed by atoms with Gasteiger partial charge in [0.1, 0.15) is 43.2 Å². The zero-order valence-corrected chi connectivity index (χ0v) is 42.2. The molecule has 1 saturated carbocycles. The van der Waals surface area contributed by atoms with Crippen LogP contribution in [-0.2, 0) is 41.8 Å². The number of unbranched alkanes of at least 4 members (excludes halogenated alkanes) is 11. The Hall–Kier alpha value is -2.90. The molecule has 0 bridgehead atoms. The number of ether oxygens (including phenoxy) is 2. The van der Waals surface area contributed by atoms with Crippen LogP contribution >= 0.6 is 15.6 Å². The molecule has 10 atom stereocenters. The molecule has 5 unspecified atom stereocenters. The van der Waals surface area contributed by atoms with Crippen LogP contribution in [0.3, 0.4) is 0 Å². The second kappa shape index (κ2) is 38.7. The van der Waals surface area contributed by atoms with Crippen LogP contribution in [0.15, 0.2) is 85.1 Å². The summed E-state index contributed by atoms with van der Waals surface area (Å²) in [6.45, 7) is 2.69. The van der Waals surface area contributed by atoms with Crippen molar-refractivity contribution in [3.05, 3.63) is 85.1 Å². The number of carbonyl (C=O) groups is 2. The number of aliphatic hydroxyl groups is 6. The third-order valence-corrected chi connectivity index (χ3v) is 12.1. The number of aliphatic hydroxyl groups excluding tert-OH is 6. The lowest BCUT2D eigenvalue weighted by Gasteiger charge is -2.43. The van der Waals surface area contributed by atoms with Gasteiger partial charge in [-0.3, -0.25) is 23.2 Å². The predicted octanol–water partition coefficient (Wildman–Crippen LogP) is 7.34. The van der Waals surface area contributed by atoms with E-state index < -0.39 is 95.7 Å². The summed E-state index contributed by atoms with van der Waals surface area (Å²) in [6, 6.07) is 0. The summed E-state index contributed by atoms with van der Waals surface area (Å²) >= 11 is 0. The van der Waals surface area contributed by atoms with E-state index in [-0.39, 0.29) is 19.3 Å². The third-order valence-electron chi connectivity index (χ3n) is 10.6. The topological polar surface area (TPSA) is 296 Å². The monoisotopic (exact) mass is 1020 g/mol. The number of phosphoric acid groups is 2. The van der Waals surface area contributed by atoms with Gasteiger partial charge in [0.05, 0.1) is 18.8 Å². The number of rotatable bonds is 39. The highest BCUT2D eigenvalue weighted by Crippen LogP contribution is 2.49. The Labute approximate surface area is 409 Å². The van der Waals surface area contributed by atoms with E-state index in [0.717, 1.165) is 44.9 Å². The molecule has 0 saturated heterocycles. The molecule has 1 aliphatic rings. The molecule has 18 nitrogen and oxygen atoms in total. The summed E-state index contributed by atoms with van der Waals surface area (Å²) in [5.41, 5.74) is 0. The normalized spacial score (nSPS) is 22.8. The van der Waals surface area contributed by atoms with E-state index in [1.807, 2.05) is 25.2 Å². The number of hydrogen-bond acceptors (Lipinski definition) is 15. The van der Waals surface area contributed by atoms with Crippen molar-refractivity contribution in [2.75, 3.05) is 13.2 Å². The van der Waals surface area contributed by atoms with Crippen LogP contribution < -0.4 is 0 Å². The molecule has 0 heterocycles. The van der Waals surface area contributed by atoms with Crippen LogP contribution in [-0.4, -0.2) is 125 Å². The number of carbonyl (C=O) groups excluding carboxylic acids is 2. The van der Waals surface area contributed by atoms with Crippen molar-refractivity contribution < 1.29 is 87.1 Å². The van der Waals surface area contributed by atoms with Crippen molar-refractivity contribution in [3.8, 4) is 0 Å². The molecule has 0 aromatic rings. The SMILES string of the molecule is CC/C=C\CCCCCCCCCCCCCC(=O)OC[C@H](COP(=O)(O)O[C@H]1C(O)C(O)C(O)[C@@H](OP(=O)(O)O)C1O)OC(=O)CC/C=C\C/C=C\C[C@@H](O)/C=C/C=C\C=C\[C@@H](O)C/C=C\CC. The van der Waals surface area contributed by atoms with Crippen molar-refractivity contribution in [3.63, 3.8) is 0 Å². The molecule has 9 N–H and O–H groups in total. The maximum atomic E-state index is 13.0. The van der Waals surface area contributed by atoms with Gasteiger partial charge in [-0.15, -0.1) is 0 Å². The van der Waals surface area contributed by atoms with E-state index in [2.05, 4.69) is 23.6 Å². The smallest absolute Gasteiger partial charge is 0.462 e. The highest BCUT2D eigenvalue weighted by Gasteiger charge is 2.54. The van der Waals surface area contributed by atoms with E-state index in [4.69, 9.17) is 18.5 Å². The summed E-state index contributed by atoms with van der Waals surface area (Å²) in [7, 11) is -10.8. The van der Waals surface area contributed by atoms with Gasteiger partial charge in [-0.05, 0) is 57.8 Å². The molecule has 396 valence electrons. The van der Waals surface area contributed by atoms with Crippen molar-refractivity contribution >= 4 is 27.6 Å². The van der Waals surface area contributed by atoms with E-state index in [1.54, 1.807) is 54.7 Å². The Bertz CT molecular complexity index is 1690. The first-order valence-electron chi connectivity index (χ1n) is 24.3. The average molecular weight is 1020 g/mol. The van der Waals surface area contributed by atoms with Gasteiger partial charge in [0.25, 0.3) is 0 Å². The molecule has 0 spiro atoms. The average Bonchev–Trinajstić information content (AvgIpc) is 3.30. The molecule has 1 fully saturated rings. The lowest BCUT2D eigenvalue weighted by Crippen LogP contribution is -2.64. The lowest BCUT2D eigenvalue weighted by molar-refractivity contribution is -0.216. The van der Waals surface area contributed by atoms with E-state index in [1.165, 1.54) is 38.5 Å². The number of phosphoric ester groups is 2. The molecule has 0 aliphatic heterocycles. The van der Waals surface area contributed by atoms with Gasteiger partial charge in [-0.2, -0.15) is 0 Å². The first-order chi connectivity index (χ1) is 32.9. The highest BCUT2D eigenvalue weighted by atomic mass is 31.2. The minimum atomic E-state index is -5.39. The van der Waals surface area contributed by atoms with Crippen LogP contribution in [0.2, 0.25) is 0 Å². The van der Waals surface area contributed by atoms with Gasteiger partial charge < -0.3 is 54.8 Å². The zero-order valence-electron chi connectivity index (χ0n) is 40.4. The highest BCUT2D eigenvalue weighted by molar-refractivity contribution is 7.47. The summed E-state index contributed by atoms with van der Waals surface area (Å²) in [6.07, 6.45) is 26.1. The molecule has 1 aliphatic carbocycles. The first kappa shape index (κ1) is 64.1. The molecule has 0 amide bonds. The van der Waals surface area contributed by atoms with Crippen molar-refractivity contribution in [2.24, 2.45) is 0 Å². The van der Waals surface area contributed by atoms with Crippen molar-refractivity contribution in [1.29, 1.82) is 0 Å². The Morgan fingerprint density at radius 3 is 1.59 bits per heavy atom. The van der Waals surface area contributed by atoms with Crippen LogP contribution in [0.5, 0.6) is 0 Å². The maximum absolute atomic E-state index is 13.0. The molecule has 69 heavy (non-hydrogen) atoms. The van der Waals surface area contributed by atoms with E-state index >= 15 is 0 Å². The summed E-state index contributed by atoms with van der Waals surface area (Å²) in [5, 5.41) is 61.3. The molecule has 0 aromatic carbocycles. The second-order valence-corrected chi connectivity index (χ2v) is 19.4. The van der Waals surface area contributed by atoms with Gasteiger partial charge in [0, 0.05) is 12.8 Å². The fourth-order valence-electron chi connectivity index (χ4n) is 6.88. The number of esters is 2. The summed E-state index contributed by atoms with van der Waals surface area (Å²) in [4.78, 5) is 54.3. The molecule has 1 rings (SSSR count). The fourth-order valence-corrected chi connectivity index (χ4v) is 8.41. The van der Waals surface area contributed by atoms with E-state index in [9.17, 15) is 64.0 Å². The van der Waals surface area contributed by atoms with Crippen LogP contribution in [0.1, 0.15) is 142 Å². The van der Waals surface area contributed by atoms with Gasteiger partial charge in [0.15, 0.2) is 6.10 Å². The lowest BCUT2D eigenvalue weighted by atomic mass is 9.85. The van der Waals surface area contributed by atoms with Gasteiger partial charge in [0.2, 0.25) is 0 Å². The fraction of sp³-hybridized carbons (Fsp3) is 0.673. The molecular weight excluding hydrogens is 938 g/mol. The third kappa shape index (κ3) is 33.4. The van der Waals surface area contributed by atoms with Crippen LogP contribution in [0.4, 0.5) is 0 Å². The van der Waals surface area contributed by atoms with Crippen LogP contribution in [0, 0.1) is 0 Å². The van der Waals surface area contributed by atoms with Crippen molar-refractivity contribution in [2.45, 2.75) is 197 Å². The Morgan fingerprint density at radius 2 is 1.03 bits per heavy atom. The largest absolute Gasteiger partial charge is 0.472 e. The Kier molecular flexibility index (Phi) is 36.0. The van der Waals surface area contributed by atoms with Gasteiger partial charge >= 0.3 is 27.6 Å². The second-order valence-electron chi connectivity index (χ2n) is 16.8. The Balaban J connectivity index is 2.68. The number of allylic oxidation sites excluding steroid dienone is 10. The summed E-state index contributed by atoms with van der Waals surface area (Å²) in [5.74, 6) is -1.38. The maximum Gasteiger partial charge on any atom is 0.472 e. The minimum absolute atomic E-state index is 0.0777. The van der Waals surface area contributed by atoms with Crippen molar-refractivity contribution in [1.82, 2.24) is 0 Å². The summed E-state index contributed by atoms with van der Waals surface area (Å²) < 4.78 is 49.2. The van der Waals surface area contributed by atoms with E-state index in [0.29, 0.717) is 25.7 Å². The molecule has 0 radical (unpaired) electrons. The minimum Gasteiger partial charge on any atom is -0.462 e. The number of hydrogen-bond donors (Lipinski definition) is 9. The van der Waals surface area contributed by atoms with Crippen LogP contribution in [0.25, 0.3) is 0 Å². The first-order valence-corrected chi connectivity index (χ1v) is 27.4. The zero-order chi connectivity index (χ0) is 51.3. The molecule has 0 aromatic heterocycles. The Morgan fingerprint density at radius 1 is 0.536 bits per heavy atom. The predicted molar refractivity (Wildman–Crippen MR) is 262 cm³/mol.